The molecule has 69 heavy (non-hydrogen) atoms. The molecule has 0 aromatic rings. The van der Waals surface area contributed by atoms with Crippen LogP contribution in [0.4, 0.5) is 0 Å². The summed E-state index contributed by atoms with van der Waals surface area (Å²) in [5, 5.41) is 0. The number of esters is 3. The molecular formula is C63H114O6. The third kappa shape index (κ3) is 56.2. The highest BCUT2D eigenvalue weighted by Crippen LogP contribution is 2.17. The van der Waals surface area contributed by atoms with Gasteiger partial charge in [-0.3, -0.25) is 14.4 Å². The summed E-state index contributed by atoms with van der Waals surface area (Å²) in [6.07, 6.45) is 71.0. The molecule has 0 aliphatic rings. The smallest absolute Gasteiger partial charge is 0.306 e. The second-order valence-electron chi connectivity index (χ2n) is 20.3. The largest absolute Gasteiger partial charge is 0.462 e. The standard InChI is InChI=1S/C63H114O6/c1-4-7-10-13-16-19-22-25-27-29-31-33-35-38-41-44-47-50-53-56-62(65)68-59-60(58-67-61(64)55-52-49-46-43-40-37-24-21-18-15-12-9-6-3)69-63(66)57-54-51-48-45-42-39-36-34-32-30-28-26-23-20-17-14-11-8-5-2/h16,19,21,24-25,27,31,33,60H,4-15,17-18,20,22-23,26,28-30,32,34-59H2,1-3H3/b19-16-,24-21-,27-25-,33-31-/t60-/m1/s1. The molecule has 0 aliphatic carbocycles. The lowest BCUT2D eigenvalue weighted by molar-refractivity contribution is -0.167. The van der Waals surface area contributed by atoms with Crippen LogP contribution in [0.1, 0.15) is 316 Å². The molecule has 0 aromatic carbocycles. The van der Waals surface area contributed by atoms with Gasteiger partial charge in [-0.1, -0.05) is 262 Å². The second kappa shape index (κ2) is 57.9. The van der Waals surface area contributed by atoms with E-state index < -0.39 is 6.10 Å². The number of allylic oxidation sites excluding steroid dienone is 8. The van der Waals surface area contributed by atoms with Gasteiger partial charge in [-0.05, 0) is 83.5 Å². The van der Waals surface area contributed by atoms with Crippen LogP contribution in [0.2, 0.25) is 0 Å². The predicted octanol–water partition coefficient (Wildman–Crippen LogP) is 20.2. The summed E-state index contributed by atoms with van der Waals surface area (Å²) in [4.78, 5) is 38.2. The fourth-order valence-corrected chi connectivity index (χ4v) is 8.74. The summed E-state index contributed by atoms with van der Waals surface area (Å²) < 4.78 is 16.9. The maximum absolute atomic E-state index is 12.9. The van der Waals surface area contributed by atoms with Gasteiger partial charge in [0.25, 0.3) is 0 Å². The Morgan fingerprint density at radius 1 is 0.290 bits per heavy atom. The summed E-state index contributed by atoms with van der Waals surface area (Å²) in [5.41, 5.74) is 0. The van der Waals surface area contributed by atoms with Gasteiger partial charge in [-0.15, -0.1) is 0 Å². The van der Waals surface area contributed by atoms with E-state index in [9.17, 15) is 14.4 Å². The third-order valence-electron chi connectivity index (χ3n) is 13.3. The SMILES string of the molecule is CCCCC/C=C\C/C=C\C/C=C\CCCCCCCCC(=O)OC[C@@H](COC(=O)CCCCCCC/C=C\CCCCCC)OC(=O)CCCCCCCCCCCCCCCCCCCCC. The van der Waals surface area contributed by atoms with Crippen LogP contribution < -0.4 is 0 Å². The van der Waals surface area contributed by atoms with Crippen molar-refractivity contribution in [3.63, 3.8) is 0 Å². The minimum absolute atomic E-state index is 0.0788. The van der Waals surface area contributed by atoms with Crippen LogP contribution >= 0.6 is 0 Å². The number of carbonyl (C=O) groups is 3. The lowest BCUT2D eigenvalue weighted by Gasteiger charge is -2.18. The fourth-order valence-electron chi connectivity index (χ4n) is 8.74. The van der Waals surface area contributed by atoms with Gasteiger partial charge in [-0.2, -0.15) is 0 Å². The first-order chi connectivity index (χ1) is 34.0. The van der Waals surface area contributed by atoms with E-state index in [0.29, 0.717) is 19.3 Å². The zero-order valence-electron chi connectivity index (χ0n) is 46.1. The van der Waals surface area contributed by atoms with Gasteiger partial charge in [0.2, 0.25) is 0 Å². The molecule has 0 heterocycles. The molecule has 0 radical (unpaired) electrons. The van der Waals surface area contributed by atoms with Gasteiger partial charge in [0.05, 0.1) is 0 Å². The van der Waals surface area contributed by atoms with Crippen molar-refractivity contribution < 1.29 is 28.6 Å². The van der Waals surface area contributed by atoms with E-state index in [1.807, 2.05) is 0 Å². The van der Waals surface area contributed by atoms with Crippen LogP contribution in [-0.4, -0.2) is 37.2 Å². The van der Waals surface area contributed by atoms with Crippen molar-refractivity contribution >= 4 is 17.9 Å². The van der Waals surface area contributed by atoms with Gasteiger partial charge < -0.3 is 14.2 Å². The Morgan fingerprint density at radius 3 is 0.870 bits per heavy atom. The van der Waals surface area contributed by atoms with Gasteiger partial charge in [0.1, 0.15) is 13.2 Å². The zero-order valence-corrected chi connectivity index (χ0v) is 46.1. The second-order valence-corrected chi connectivity index (χ2v) is 20.3. The van der Waals surface area contributed by atoms with E-state index in [4.69, 9.17) is 14.2 Å². The van der Waals surface area contributed by atoms with E-state index in [-0.39, 0.29) is 31.1 Å². The normalized spacial score (nSPS) is 12.3. The first-order valence-corrected chi connectivity index (χ1v) is 30.1. The van der Waals surface area contributed by atoms with Crippen LogP contribution in [0.3, 0.4) is 0 Å². The van der Waals surface area contributed by atoms with Crippen LogP contribution in [0.5, 0.6) is 0 Å². The molecule has 402 valence electrons. The predicted molar refractivity (Wildman–Crippen MR) is 298 cm³/mol. The van der Waals surface area contributed by atoms with Gasteiger partial charge in [0, 0.05) is 19.3 Å². The van der Waals surface area contributed by atoms with E-state index in [2.05, 4.69) is 69.4 Å². The van der Waals surface area contributed by atoms with Crippen molar-refractivity contribution in [2.45, 2.75) is 322 Å². The highest BCUT2D eigenvalue weighted by atomic mass is 16.6. The zero-order chi connectivity index (χ0) is 50.0. The number of carbonyl (C=O) groups excluding carboxylic acids is 3. The molecule has 0 fully saturated rings. The molecule has 0 unspecified atom stereocenters. The first-order valence-electron chi connectivity index (χ1n) is 30.1. The van der Waals surface area contributed by atoms with E-state index in [0.717, 1.165) is 83.5 Å². The van der Waals surface area contributed by atoms with Gasteiger partial charge in [0.15, 0.2) is 6.10 Å². The maximum atomic E-state index is 12.9. The van der Waals surface area contributed by atoms with E-state index >= 15 is 0 Å². The van der Waals surface area contributed by atoms with Gasteiger partial charge >= 0.3 is 17.9 Å². The van der Waals surface area contributed by atoms with Crippen molar-refractivity contribution in [3.05, 3.63) is 48.6 Å². The van der Waals surface area contributed by atoms with Crippen molar-refractivity contribution in [1.29, 1.82) is 0 Å². The summed E-state index contributed by atoms with van der Waals surface area (Å²) in [7, 11) is 0. The number of hydrogen-bond donors (Lipinski definition) is 0. The van der Waals surface area contributed by atoms with Crippen LogP contribution in [0, 0.1) is 0 Å². The Hall–Kier alpha value is -2.63. The summed E-state index contributed by atoms with van der Waals surface area (Å²) >= 11 is 0. The molecule has 0 saturated heterocycles. The molecule has 6 nitrogen and oxygen atoms in total. The molecule has 0 aromatic heterocycles. The Bertz CT molecular complexity index is 1200. The van der Waals surface area contributed by atoms with Crippen molar-refractivity contribution in [3.8, 4) is 0 Å². The topological polar surface area (TPSA) is 78.9 Å². The summed E-state index contributed by atoms with van der Waals surface area (Å²) in [6, 6.07) is 0. The van der Waals surface area contributed by atoms with E-state index in [1.54, 1.807) is 0 Å². The number of unbranched alkanes of at least 4 members (excludes halogenated alkanes) is 36. The monoisotopic (exact) mass is 967 g/mol. The Balaban J connectivity index is 4.35. The highest BCUT2D eigenvalue weighted by molar-refractivity contribution is 5.71. The average molecular weight is 968 g/mol. The lowest BCUT2D eigenvalue weighted by Crippen LogP contribution is -2.30. The van der Waals surface area contributed by atoms with Crippen molar-refractivity contribution in [1.82, 2.24) is 0 Å². The number of ether oxygens (including phenoxy) is 3. The minimum atomic E-state index is -0.780. The Morgan fingerprint density at radius 2 is 0.522 bits per heavy atom. The van der Waals surface area contributed by atoms with Crippen LogP contribution in [0.25, 0.3) is 0 Å². The Kier molecular flexibility index (Phi) is 55.7. The number of hydrogen-bond acceptors (Lipinski definition) is 6. The first kappa shape index (κ1) is 66.4. The van der Waals surface area contributed by atoms with Crippen LogP contribution in [0.15, 0.2) is 48.6 Å². The summed E-state index contributed by atoms with van der Waals surface area (Å²) in [6.45, 7) is 6.62. The molecule has 1 atom stereocenters. The molecule has 0 rings (SSSR count). The third-order valence-corrected chi connectivity index (χ3v) is 13.3. The molecule has 0 aliphatic heterocycles. The maximum Gasteiger partial charge on any atom is 0.306 e. The minimum Gasteiger partial charge on any atom is -0.462 e. The quantitative estimate of drug-likeness (QED) is 0.0262. The molecular weight excluding hydrogens is 853 g/mol. The Labute approximate surface area is 428 Å². The molecule has 6 heteroatoms. The van der Waals surface area contributed by atoms with Gasteiger partial charge in [-0.25, -0.2) is 0 Å². The molecule has 0 saturated carbocycles. The molecule has 0 N–H and O–H groups in total. The van der Waals surface area contributed by atoms with Crippen molar-refractivity contribution in [2.24, 2.45) is 0 Å². The molecule has 0 spiro atoms. The molecule has 0 amide bonds. The average Bonchev–Trinajstić information content (AvgIpc) is 3.35. The molecule has 0 bridgehead atoms. The van der Waals surface area contributed by atoms with Crippen molar-refractivity contribution in [2.75, 3.05) is 13.2 Å². The summed E-state index contributed by atoms with van der Waals surface area (Å²) in [5.74, 6) is -0.882. The fraction of sp³-hybridized carbons (Fsp3) is 0.825. The highest BCUT2D eigenvalue weighted by Gasteiger charge is 2.19. The lowest BCUT2D eigenvalue weighted by atomic mass is 10.0. The number of rotatable bonds is 55. The van der Waals surface area contributed by atoms with E-state index in [1.165, 1.54) is 193 Å². The van der Waals surface area contributed by atoms with Crippen LogP contribution in [-0.2, 0) is 28.6 Å².